The highest BCUT2D eigenvalue weighted by Crippen LogP contribution is 2.32. The van der Waals surface area contributed by atoms with Gasteiger partial charge in [0.1, 0.15) is 0 Å². The molecular weight excluding hydrogens is 354 g/mol. The van der Waals surface area contributed by atoms with E-state index in [1.165, 1.54) is 38.4 Å². The molecule has 0 bridgehead atoms. The highest BCUT2D eigenvalue weighted by atomic mass is 32.2. The van der Waals surface area contributed by atoms with Gasteiger partial charge in [0.25, 0.3) is 0 Å². The van der Waals surface area contributed by atoms with Crippen molar-refractivity contribution in [2.75, 3.05) is 37.3 Å². The van der Waals surface area contributed by atoms with Gasteiger partial charge in [0.2, 0.25) is 0 Å². The number of piperazine rings is 1. The van der Waals surface area contributed by atoms with Crippen LogP contribution in [0.4, 0.5) is 5.13 Å². The average molecular weight is 380 g/mol. The summed E-state index contributed by atoms with van der Waals surface area (Å²) in [5.41, 5.74) is 0.891. The summed E-state index contributed by atoms with van der Waals surface area (Å²) in [6.07, 6.45) is 8.12. The van der Waals surface area contributed by atoms with Gasteiger partial charge in [0, 0.05) is 38.5 Å². The summed E-state index contributed by atoms with van der Waals surface area (Å²) in [7, 11) is -3.17. The van der Waals surface area contributed by atoms with E-state index in [0.717, 1.165) is 47.6 Å². The van der Waals surface area contributed by atoms with Gasteiger partial charge >= 0.3 is 0 Å². The number of thiazole rings is 1. The maximum Gasteiger partial charge on any atom is 0.186 e. The van der Waals surface area contributed by atoms with E-state index in [4.69, 9.17) is 4.98 Å². The first kappa shape index (κ1) is 17.2. The molecule has 2 aliphatic rings. The molecule has 0 unspecified atom stereocenters. The predicted molar refractivity (Wildman–Crippen MR) is 103 cm³/mol. The van der Waals surface area contributed by atoms with Gasteiger partial charge in [-0.15, -0.1) is 0 Å². The van der Waals surface area contributed by atoms with E-state index >= 15 is 0 Å². The Morgan fingerprint density at radius 3 is 2.48 bits per heavy atom. The number of rotatable bonds is 3. The van der Waals surface area contributed by atoms with Crippen LogP contribution in [0.2, 0.25) is 0 Å². The Labute approximate surface area is 153 Å². The summed E-state index contributed by atoms with van der Waals surface area (Å²) in [4.78, 5) is 10.1. The molecule has 2 heterocycles. The van der Waals surface area contributed by atoms with Crippen LogP contribution >= 0.6 is 11.3 Å². The largest absolute Gasteiger partial charge is 0.345 e. The van der Waals surface area contributed by atoms with E-state index in [1.54, 1.807) is 23.5 Å². The lowest BCUT2D eigenvalue weighted by molar-refractivity contribution is 0.148. The molecule has 5 nitrogen and oxygen atoms in total. The van der Waals surface area contributed by atoms with Crippen LogP contribution in [0.3, 0.4) is 0 Å². The lowest BCUT2D eigenvalue weighted by Crippen LogP contribution is -2.50. The molecule has 7 heteroatoms. The van der Waals surface area contributed by atoms with Gasteiger partial charge in [-0.05, 0) is 31.0 Å². The monoisotopic (exact) mass is 379 g/mol. The lowest BCUT2D eigenvalue weighted by Gasteiger charge is -2.40. The number of aromatic nitrogens is 1. The van der Waals surface area contributed by atoms with Gasteiger partial charge in [-0.3, -0.25) is 4.90 Å². The SMILES string of the molecule is CS(=O)(=O)c1ccc2nc(N3CCN(C4CCCCC4)CC3)sc2c1. The van der Waals surface area contributed by atoms with Crippen LogP contribution in [-0.2, 0) is 9.84 Å². The fourth-order valence-corrected chi connectivity index (χ4v) is 5.76. The number of hydrogen-bond donors (Lipinski definition) is 0. The summed E-state index contributed by atoms with van der Waals surface area (Å²) in [6.45, 7) is 4.23. The van der Waals surface area contributed by atoms with Crippen molar-refractivity contribution in [1.29, 1.82) is 0 Å². The molecule has 2 fully saturated rings. The van der Waals surface area contributed by atoms with Gasteiger partial charge in [-0.1, -0.05) is 30.6 Å². The highest BCUT2D eigenvalue weighted by molar-refractivity contribution is 7.90. The fourth-order valence-electron chi connectivity index (χ4n) is 3.98. The summed E-state index contributed by atoms with van der Waals surface area (Å²) in [5, 5.41) is 1.02. The molecule has 0 amide bonds. The van der Waals surface area contributed by atoms with E-state index in [9.17, 15) is 8.42 Å². The molecule has 136 valence electrons. The van der Waals surface area contributed by atoms with Crippen molar-refractivity contribution in [3.63, 3.8) is 0 Å². The molecule has 0 radical (unpaired) electrons. The molecule has 2 aromatic rings. The number of fused-ring (bicyclic) bond motifs is 1. The van der Waals surface area contributed by atoms with E-state index in [-0.39, 0.29) is 0 Å². The van der Waals surface area contributed by atoms with E-state index < -0.39 is 9.84 Å². The first-order valence-electron chi connectivity index (χ1n) is 9.10. The standard InChI is InChI=1S/C18H25N3O2S2/c1-25(22,23)15-7-8-16-17(13-15)24-18(19-16)21-11-9-20(10-12-21)14-5-3-2-4-6-14/h7-8,13-14H,2-6,9-12H2,1H3. The summed E-state index contributed by atoms with van der Waals surface area (Å²) < 4.78 is 24.4. The van der Waals surface area contributed by atoms with Crippen molar-refractivity contribution in [2.45, 2.75) is 43.0 Å². The van der Waals surface area contributed by atoms with Crippen LogP contribution in [0, 0.1) is 0 Å². The second kappa shape index (κ2) is 6.85. The molecule has 4 rings (SSSR count). The Morgan fingerprint density at radius 2 is 1.80 bits per heavy atom. The number of hydrogen-bond acceptors (Lipinski definition) is 6. The minimum absolute atomic E-state index is 0.373. The number of sulfone groups is 1. The van der Waals surface area contributed by atoms with Crippen molar-refractivity contribution in [3.05, 3.63) is 18.2 Å². The normalized spacial score (nSPS) is 21.1. The minimum atomic E-state index is -3.17. The van der Waals surface area contributed by atoms with Crippen molar-refractivity contribution in [1.82, 2.24) is 9.88 Å². The van der Waals surface area contributed by atoms with E-state index in [0.29, 0.717) is 4.90 Å². The number of nitrogens with zero attached hydrogens (tertiary/aromatic N) is 3. The first-order valence-corrected chi connectivity index (χ1v) is 11.8. The predicted octanol–water partition coefficient (Wildman–Crippen LogP) is 3.15. The Morgan fingerprint density at radius 1 is 1.08 bits per heavy atom. The van der Waals surface area contributed by atoms with Crippen LogP contribution in [0.1, 0.15) is 32.1 Å². The van der Waals surface area contributed by atoms with Crippen LogP contribution in [0.5, 0.6) is 0 Å². The Hall–Kier alpha value is -1.18. The van der Waals surface area contributed by atoms with Crippen LogP contribution in [0.25, 0.3) is 10.2 Å². The third-order valence-corrected chi connectivity index (χ3v) is 7.64. The molecule has 1 aromatic carbocycles. The molecule has 25 heavy (non-hydrogen) atoms. The Bertz CT molecular complexity index is 848. The van der Waals surface area contributed by atoms with Gasteiger partial charge in [0.15, 0.2) is 15.0 Å². The van der Waals surface area contributed by atoms with Crippen molar-refractivity contribution >= 4 is 36.5 Å². The van der Waals surface area contributed by atoms with Crippen LogP contribution in [0.15, 0.2) is 23.1 Å². The van der Waals surface area contributed by atoms with Gasteiger partial charge in [-0.25, -0.2) is 13.4 Å². The highest BCUT2D eigenvalue weighted by Gasteiger charge is 2.26. The number of benzene rings is 1. The summed E-state index contributed by atoms with van der Waals surface area (Å²) >= 11 is 1.60. The second-order valence-corrected chi connectivity index (χ2v) is 10.2. The minimum Gasteiger partial charge on any atom is -0.345 e. The van der Waals surface area contributed by atoms with Gasteiger partial charge in [0.05, 0.1) is 15.1 Å². The van der Waals surface area contributed by atoms with Gasteiger partial charge < -0.3 is 4.90 Å². The molecule has 1 aliphatic heterocycles. The fraction of sp³-hybridized carbons (Fsp3) is 0.611. The van der Waals surface area contributed by atoms with E-state index in [1.807, 2.05) is 6.07 Å². The maximum absolute atomic E-state index is 11.7. The second-order valence-electron chi connectivity index (χ2n) is 7.21. The molecule has 1 saturated carbocycles. The van der Waals surface area contributed by atoms with Crippen LogP contribution in [-0.4, -0.2) is 56.8 Å². The van der Waals surface area contributed by atoms with Crippen molar-refractivity contribution in [2.24, 2.45) is 0 Å². The molecular formula is C18H25N3O2S2. The lowest BCUT2D eigenvalue weighted by atomic mass is 9.94. The van der Waals surface area contributed by atoms with Crippen molar-refractivity contribution in [3.8, 4) is 0 Å². The summed E-state index contributed by atoms with van der Waals surface area (Å²) in [6, 6.07) is 6.01. The molecule has 1 saturated heterocycles. The van der Waals surface area contributed by atoms with Crippen molar-refractivity contribution < 1.29 is 8.42 Å². The molecule has 0 spiro atoms. The smallest absolute Gasteiger partial charge is 0.186 e. The number of anilines is 1. The third-order valence-electron chi connectivity index (χ3n) is 5.45. The zero-order valence-electron chi connectivity index (χ0n) is 14.6. The third kappa shape index (κ3) is 3.68. The molecule has 0 atom stereocenters. The average Bonchev–Trinajstić information content (AvgIpc) is 3.05. The maximum atomic E-state index is 11.7. The molecule has 1 aliphatic carbocycles. The topological polar surface area (TPSA) is 53.5 Å². The first-order chi connectivity index (χ1) is 12.0. The Balaban J connectivity index is 1.47. The zero-order valence-corrected chi connectivity index (χ0v) is 16.3. The van der Waals surface area contributed by atoms with E-state index in [2.05, 4.69) is 9.80 Å². The van der Waals surface area contributed by atoms with Gasteiger partial charge in [-0.2, -0.15) is 0 Å². The Kier molecular flexibility index (Phi) is 4.73. The molecule has 1 aromatic heterocycles. The quantitative estimate of drug-likeness (QED) is 0.820. The summed E-state index contributed by atoms with van der Waals surface area (Å²) in [5.74, 6) is 0. The zero-order chi connectivity index (χ0) is 17.4. The molecule has 0 N–H and O–H groups in total. The van der Waals surface area contributed by atoms with Crippen LogP contribution < -0.4 is 4.90 Å².